The molecular weight excluding hydrogens is 516 g/mol. The van der Waals surface area contributed by atoms with Crippen molar-refractivity contribution in [2.75, 3.05) is 7.11 Å². The van der Waals surface area contributed by atoms with E-state index in [1.165, 1.54) is 12.7 Å². The number of carbonyl (C=O) groups is 1. The van der Waals surface area contributed by atoms with Gasteiger partial charge in [0.25, 0.3) is 0 Å². The first-order valence-electron chi connectivity index (χ1n) is 14.9. The number of benzene rings is 3. The summed E-state index contributed by atoms with van der Waals surface area (Å²) in [5.41, 5.74) is 3.91. The lowest BCUT2D eigenvalue weighted by molar-refractivity contribution is -0.121. The maximum atomic E-state index is 13.5. The lowest BCUT2D eigenvalue weighted by Gasteiger charge is -2.50. The number of Topliss-reactive ketones (excluding diaryl/α,β-unsaturated/α-hetero) is 1. The van der Waals surface area contributed by atoms with E-state index in [1.54, 1.807) is 24.3 Å². The second-order valence-electron chi connectivity index (χ2n) is 12.1. The van der Waals surface area contributed by atoms with Crippen molar-refractivity contribution in [3.63, 3.8) is 0 Å². The van der Waals surface area contributed by atoms with Gasteiger partial charge in [-0.25, -0.2) is 0 Å². The lowest BCUT2D eigenvalue weighted by atomic mass is 9.55. The summed E-state index contributed by atoms with van der Waals surface area (Å²) < 4.78 is 5.34. The van der Waals surface area contributed by atoms with E-state index in [-0.39, 0.29) is 40.8 Å². The van der Waals surface area contributed by atoms with Crippen LogP contribution in [0.5, 0.6) is 23.0 Å². The van der Waals surface area contributed by atoms with Gasteiger partial charge in [0.15, 0.2) is 23.0 Å². The van der Waals surface area contributed by atoms with Gasteiger partial charge < -0.3 is 25.2 Å². The van der Waals surface area contributed by atoms with Crippen LogP contribution >= 0.6 is 0 Å². The van der Waals surface area contributed by atoms with Crippen molar-refractivity contribution in [2.24, 2.45) is 5.92 Å². The summed E-state index contributed by atoms with van der Waals surface area (Å²) in [7, 11) is 1.52. The quantitative estimate of drug-likeness (QED) is 0.195. The maximum Gasteiger partial charge on any atom is 0.160 e. The molecule has 4 N–H and O–H groups in total. The van der Waals surface area contributed by atoms with Crippen LogP contribution in [0.15, 0.2) is 60.7 Å². The lowest BCUT2D eigenvalue weighted by Crippen LogP contribution is -2.44. The van der Waals surface area contributed by atoms with E-state index in [9.17, 15) is 25.2 Å². The number of fused-ring (bicyclic) bond motifs is 3. The zero-order valence-corrected chi connectivity index (χ0v) is 23.9. The van der Waals surface area contributed by atoms with Gasteiger partial charge in [0.1, 0.15) is 5.78 Å². The van der Waals surface area contributed by atoms with E-state index in [4.69, 9.17) is 4.74 Å². The van der Waals surface area contributed by atoms with Crippen LogP contribution in [0.3, 0.4) is 0 Å². The number of aromatic hydroxyl groups is 3. The van der Waals surface area contributed by atoms with Crippen LogP contribution in [0, 0.1) is 5.92 Å². The molecule has 41 heavy (non-hydrogen) atoms. The molecule has 2 aliphatic carbocycles. The number of methoxy groups -OCH3 is 1. The Morgan fingerprint density at radius 2 is 1.73 bits per heavy atom. The van der Waals surface area contributed by atoms with Gasteiger partial charge in [-0.15, -0.1) is 0 Å². The molecule has 0 spiro atoms. The van der Waals surface area contributed by atoms with Crippen molar-refractivity contribution in [1.82, 2.24) is 0 Å². The Labute approximate surface area is 242 Å². The van der Waals surface area contributed by atoms with Crippen LogP contribution in [0.25, 0.3) is 0 Å². The first kappa shape index (κ1) is 29.0. The fourth-order valence-electron chi connectivity index (χ4n) is 7.52. The zero-order chi connectivity index (χ0) is 29.0. The van der Waals surface area contributed by atoms with Crippen molar-refractivity contribution >= 4 is 5.78 Å². The smallest absolute Gasteiger partial charge is 0.160 e. The number of carbonyl (C=O) groups excluding carboxylic acids is 1. The molecule has 0 heterocycles. The minimum absolute atomic E-state index is 0.0101. The third-order valence-electron chi connectivity index (χ3n) is 9.54. The minimum Gasteiger partial charge on any atom is -0.504 e. The summed E-state index contributed by atoms with van der Waals surface area (Å²) >= 11 is 0. The molecule has 3 aromatic carbocycles. The highest BCUT2D eigenvalue weighted by Crippen LogP contribution is 2.54. The molecule has 3 aromatic rings. The van der Waals surface area contributed by atoms with E-state index in [1.807, 2.05) is 24.3 Å². The molecule has 1 fully saturated rings. The van der Waals surface area contributed by atoms with Gasteiger partial charge in [0, 0.05) is 18.3 Å². The third-order valence-corrected chi connectivity index (χ3v) is 9.54. The normalized spacial score (nSPS) is 21.4. The van der Waals surface area contributed by atoms with E-state index in [0.717, 1.165) is 68.1 Å². The van der Waals surface area contributed by atoms with Crippen molar-refractivity contribution in [1.29, 1.82) is 0 Å². The van der Waals surface area contributed by atoms with Crippen molar-refractivity contribution in [3.8, 4) is 23.0 Å². The number of hydrogen-bond acceptors (Lipinski definition) is 6. The van der Waals surface area contributed by atoms with Gasteiger partial charge >= 0.3 is 0 Å². The molecule has 0 aromatic heterocycles. The second kappa shape index (κ2) is 12.6. The molecule has 6 nitrogen and oxygen atoms in total. The fourth-order valence-corrected chi connectivity index (χ4v) is 7.52. The number of aliphatic hydroxyl groups excluding tert-OH is 1. The van der Waals surface area contributed by atoms with E-state index in [0.29, 0.717) is 24.5 Å². The van der Waals surface area contributed by atoms with Crippen molar-refractivity contribution in [3.05, 3.63) is 82.9 Å². The standard InChI is InChI=1S/C35H42O6/c1-41-34-19-25(13-15-31(34)38)24(11-10-23-7-3-2-4-8-23)17-28(36)20-29(37)22-35-16-6-5-9-27(35)14-12-26-18-32(39)33(40)21-30(26)35/h2-4,7-8,13,15,18-19,21,24,27,29,37-40H,5-6,9-12,14,16-17,20,22H2,1H3/t24-,27-,29+,35+/m1/s1. The predicted octanol–water partition coefficient (Wildman–Crippen LogP) is 6.70. The number of aliphatic hydroxyl groups is 1. The van der Waals surface area contributed by atoms with Crippen LogP contribution < -0.4 is 4.74 Å². The second-order valence-corrected chi connectivity index (χ2v) is 12.1. The van der Waals surface area contributed by atoms with Crippen LogP contribution in [0.1, 0.15) is 86.0 Å². The molecule has 0 radical (unpaired) electrons. The Kier molecular flexibility index (Phi) is 8.88. The molecule has 0 unspecified atom stereocenters. The monoisotopic (exact) mass is 558 g/mol. The molecule has 1 saturated carbocycles. The number of hydrogen-bond donors (Lipinski definition) is 4. The summed E-state index contributed by atoms with van der Waals surface area (Å²) in [4.78, 5) is 13.5. The van der Waals surface area contributed by atoms with Gasteiger partial charge in [-0.1, -0.05) is 49.2 Å². The molecule has 0 saturated heterocycles. The number of phenols is 3. The average molecular weight is 559 g/mol. The summed E-state index contributed by atoms with van der Waals surface area (Å²) in [5, 5.41) is 42.0. The topological polar surface area (TPSA) is 107 Å². The van der Waals surface area contributed by atoms with Crippen LogP contribution in [-0.2, 0) is 23.1 Å². The summed E-state index contributed by atoms with van der Waals surface area (Å²) in [6.45, 7) is 0. The summed E-state index contributed by atoms with van der Waals surface area (Å²) in [6.07, 6.45) is 7.62. The van der Waals surface area contributed by atoms with Crippen LogP contribution in [-0.4, -0.2) is 39.4 Å². The Morgan fingerprint density at radius 3 is 2.51 bits per heavy atom. The molecule has 0 bridgehead atoms. The first-order valence-corrected chi connectivity index (χ1v) is 14.9. The van der Waals surface area contributed by atoms with Gasteiger partial charge in [0.2, 0.25) is 0 Å². The molecule has 2 aliphatic rings. The number of aryl methyl sites for hydroxylation is 2. The van der Waals surface area contributed by atoms with Crippen molar-refractivity contribution < 1.29 is 30.0 Å². The highest BCUT2D eigenvalue weighted by atomic mass is 16.5. The minimum atomic E-state index is -0.797. The van der Waals surface area contributed by atoms with E-state index < -0.39 is 6.10 Å². The average Bonchev–Trinajstić information content (AvgIpc) is 2.96. The number of phenolic OH excluding ortho intramolecular Hbond substituents is 3. The Hall–Kier alpha value is -3.51. The number of ketones is 1. The Morgan fingerprint density at radius 1 is 0.951 bits per heavy atom. The molecule has 5 rings (SSSR count). The molecule has 0 amide bonds. The first-order chi connectivity index (χ1) is 19.8. The third kappa shape index (κ3) is 6.38. The summed E-state index contributed by atoms with van der Waals surface area (Å²) in [6, 6.07) is 18.8. The maximum absolute atomic E-state index is 13.5. The highest BCUT2D eigenvalue weighted by Gasteiger charge is 2.47. The molecule has 218 valence electrons. The highest BCUT2D eigenvalue weighted by molar-refractivity contribution is 5.80. The largest absolute Gasteiger partial charge is 0.504 e. The van der Waals surface area contributed by atoms with Gasteiger partial charge in [-0.2, -0.15) is 0 Å². The number of rotatable bonds is 11. The van der Waals surface area contributed by atoms with E-state index >= 15 is 0 Å². The fraction of sp³-hybridized carbons (Fsp3) is 0.457. The molecule has 4 atom stereocenters. The van der Waals surface area contributed by atoms with Gasteiger partial charge in [-0.05, 0) is 103 Å². The summed E-state index contributed by atoms with van der Waals surface area (Å²) in [5.74, 6) is 0.541. The van der Waals surface area contributed by atoms with Crippen LogP contribution in [0.2, 0.25) is 0 Å². The van der Waals surface area contributed by atoms with E-state index in [2.05, 4.69) is 12.1 Å². The molecule has 0 aliphatic heterocycles. The SMILES string of the molecule is COc1cc([C@H](CCc2ccccc2)CC(=O)C[C@H](O)C[C@@]23CCCC[C@@H]2CCc2cc(O)c(O)cc23)ccc1O. The number of ether oxygens (including phenoxy) is 1. The predicted molar refractivity (Wildman–Crippen MR) is 159 cm³/mol. The van der Waals surface area contributed by atoms with Crippen LogP contribution in [0.4, 0.5) is 0 Å². The Balaban J connectivity index is 1.33. The Bertz CT molecular complexity index is 1350. The van der Waals surface area contributed by atoms with Gasteiger partial charge in [-0.3, -0.25) is 4.79 Å². The zero-order valence-electron chi connectivity index (χ0n) is 23.9. The van der Waals surface area contributed by atoms with Crippen molar-refractivity contribution in [2.45, 2.75) is 88.1 Å². The van der Waals surface area contributed by atoms with Gasteiger partial charge in [0.05, 0.1) is 13.2 Å². The molecular formula is C35H42O6. The molecule has 6 heteroatoms.